The van der Waals surface area contributed by atoms with Gasteiger partial charge in [0.15, 0.2) is 0 Å². The first-order valence-corrected chi connectivity index (χ1v) is 7.99. The summed E-state index contributed by atoms with van der Waals surface area (Å²) in [5.74, 6) is -0.0911. The van der Waals surface area contributed by atoms with E-state index in [9.17, 15) is 9.59 Å². The van der Waals surface area contributed by atoms with Gasteiger partial charge in [-0.25, -0.2) is 4.98 Å². The van der Waals surface area contributed by atoms with Crippen molar-refractivity contribution in [3.8, 4) is 0 Å². The first-order chi connectivity index (χ1) is 11.6. The van der Waals surface area contributed by atoms with E-state index in [1.807, 2.05) is 37.3 Å². The number of rotatable bonds is 2. The first kappa shape index (κ1) is 14.6. The van der Waals surface area contributed by atoms with Crippen molar-refractivity contribution in [3.05, 3.63) is 70.8 Å². The molecule has 5 nitrogen and oxygen atoms in total. The molecule has 120 valence electrons. The van der Waals surface area contributed by atoms with Crippen LogP contribution in [-0.4, -0.2) is 21.5 Å². The van der Waals surface area contributed by atoms with Crippen molar-refractivity contribution < 1.29 is 4.79 Å². The van der Waals surface area contributed by atoms with E-state index in [2.05, 4.69) is 4.98 Å². The molecule has 3 aromatic rings. The van der Waals surface area contributed by atoms with Crippen molar-refractivity contribution in [2.24, 2.45) is 0 Å². The number of carbonyl (C=O) groups excluding carboxylic acids is 1. The van der Waals surface area contributed by atoms with E-state index in [1.165, 1.54) is 16.5 Å². The topological polar surface area (TPSA) is 55.2 Å². The van der Waals surface area contributed by atoms with Crippen molar-refractivity contribution in [1.82, 2.24) is 9.55 Å². The Morgan fingerprint density at radius 3 is 2.79 bits per heavy atom. The summed E-state index contributed by atoms with van der Waals surface area (Å²) in [4.78, 5) is 31.4. The molecule has 1 amide bonds. The van der Waals surface area contributed by atoms with Crippen molar-refractivity contribution in [1.29, 1.82) is 0 Å². The third-order valence-electron chi connectivity index (χ3n) is 4.51. The maximum absolute atomic E-state index is 12.8. The molecule has 0 saturated carbocycles. The quantitative estimate of drug-likeness (QED) is 0.729. The largest absolute Gasteiger partial charge is 0.307 e. The SMILES string of the molecule is C[C@H]1Cc2ccccc2N1C(=O)Cn1cnc2ccccc2c1=O. The average Bonchev–Trinajstić information content (AvgIpc) is 2.93. The summed E-state index contributed by atoms with van der Waals surface area (Å²) in [6, 6.07) is 15.2. The molecule has 5 heteroatoms. The number of carbonyl (C=O) groups is 1. The van der Waals surface area contributed by atoms with E-state index in [1.54, 1.807) is 23.1 Å². The smallest absolute Gasteiger partial charge is 0.261 e. The van der Waals surface area contributed by atoms with E-state index in [4.69, 9.17) is 0 Å². The summed E-state index contributed by atoms with van der Waals surface area (Å²) in [6.07, 6.45) is 2.29. The minimum Gasteiger partial charge on any atom is -0.307 e. The lowest BCUT2D eigenvalue weighted by Crippen LogP contribution is -2.40. The zero-order valence-corrected chi connectivity index (χ0v) is 13.3. The second-order valence-electron chi connectivity index (χ2n) is 6.14. The van der Waals surface area contributed by atoms with Gasteiger partial charge in [-0.1, -0.05) is 30.3 Å². The number of aromatic nitrogens is 2. The average molecular weight is 319 g/mol. The van der Waals surface area contributed by atoms with E-state index < -0.39 is 0 Å². The molecule has 0 unspecified atom stereocenters. The predicted molar refractivity (Wildman–Crippen MR) is 93.1 cm³/mol. The Kier molecular flexibility index (Phi) is 3.41. The Morgan fingerprint density at radius 2 is 1.92 bits per heavy atom. The van der Waals surface area contributed by atoms with Crippen LogP contribution in [0.25, 0.3) is 10.9 Å². The number of hydrogen-bond donors (Lipinski definition) is 0. The molecule has 2 heterocycles. The summed E-state index contributed by atoms with van der Waals surface area (Å²) < 4.78 is 1.39. The first-order valence-electron chi connectivity index (χ1n) is 7.99. The van der Waals surface area contributed by atoms with Crippen LogP contribution in [0.3, 0.4) is 0 Å². The van der Waals surface area contributed by atoms with E-state index in [-0.39, 0.29) is 24.1 Å². The van der Waals surface area contributed by atoms with Crippen LogP contribution >= 0.6 is 0 Å². The Morgan fingerprint density at radius 1 is 1.17 bits per heavy atom. The van der Waals surface area contributed by atoms with Crippen molar-refractivity contribution in [2.45, 2.75) is 25.9 Å². The van der Waals surface area contributed by atoms with Crippen LogP contribution in [0.4, 0.5) is 5.69 Å². The predicted octanol–water partition coefficient (Wildman–Crippen LogP) is 2.37. The Hall–Kier alpha value is -2.95. The molecule has 0 fully saturated rings. The van der Waals surface area contributed by atoms with Gasteiger partial charge in [0.25, 0.3) is 5.56 Å². The number of nitrogens with zero attached hydrogens (tertiary/aromatic N) is 3. The molecule has 0 saturated heterocycles. The maximum atomic E-state index is 12.8. The number of amides is 1. The summed E-state index contributed by atoms with van der Waals surface area (Å²) in [5.41, 5.74) is 2.57. The van der Waals surface area contributed by atoms with Gasteiger partial charge in [-0.05, 0) is 37.1 Å². The molecule has 0 aliphatic carbocycles. The van der Waals surface area contributed by atoms with Gasteiger partial charge in [-0.3, -0.25) is 14.2 Å². The fourth-order valence-electron chi connectivity index (χ4n) is 3.39. The van der Waals surface area contributed by atoms with Crippen LogP contribution in [0.15, 0.2) is 59.7 Å². The van der Waals surface area contributed by atoms with Crippen molar-refractivity contribution in [2.75, 3.05) is 4.90 Å². The van der Waals surface area contributed by atoms with Gasteiger partial charge in [-0.15, -0.1) is 0 Å². The summed E-state index contributed by atoms with van der Waals surface area (Å²) in [7, 11) is 0. The van der Waals surface area contributed by atoms with E-state index in [0.29, 0.717) is 10.9 Å². The summed E-state index contributed by atoms with van der Waals surface area (Å²) in [6.45, 7) is 2.02. The number of benzene rings is 2. The molecular formula is C19H17N3O2. The molecule has 24 heavy (non-hydrogen) atoms. The highest BCUT2D eigenvalue weighted by atomic mass is 16.2. The normalized spacial score (nSPS) is 16.4. The molecule has 1 aromatic heterocycles. The summed E-state index contributed by atoms with van der Waals surface area (Å²) in [5, 5.41) is 0.530. The fourth-order valence-corrected chi connectivity index (χ4v) is 3.39. The lowest BCUT2D eigenvalue weighted by molar-refractivity contribution is -0.119. The van der Waals surface area contributed by atoms with Crippen LogP contribution in [0.2, 0.25) is 0 Å². The van der Waals surface area contributed by atoms with E-state index >= 15 is 0 Å². The molecule has 4 rings (SSSR count). The molecule has 1 atom stereocenters. The number of anilines is 1. The fraction of sp³-hybridized carbons (Fsp3) is 0.211. The zero-order valence-electron chi connectivity index (χ0n) is 13.3. The molecular weight excluding hydrogens is 302 g/mol. The van der Waals surface area contributed by atoms with Gasteiger partial charge in [0.1, 0.15) is 6.54 Å². The lowest BCUT2D eigenvalue weighted by Gasteiger charge is -2.23. The summed E-state index contributed by atoms with van der Waals surface area (Å²) >= 11 is 0. The zero-order chi connectivity index (χ0) is 16.7. The van der Waals surface area contributed by atoms with E-state index in [0.717, 1.165) is 12.1 Å². The minimum atomic E-state index is -0.186. The lowest BCUT2D eigenvalue weighted by atomic mass is 10.1. The van der Waals surface area contributed by atoms with Gasteiger partial charge in [0.2, 0.25) is 5.91 Å². The molecule has 1 aliphatic rings. The molecule has 2 aromatic carbocycles. The van der Waals surface area contributed by atoms with Gasteiger partial charge in [0.05, 0.1) is 17.2 Å². The van der Waals surface area contributed by atoms with Crippen LogP contribution < -0.4 is 10.5 Å². The highest BCUT2D eigenvalue weighted by molar-refractivity contribution is 5.96. The molecule has 0 spiro atoms. The standard InChI is InChI=1S/C19H17N3O2/c1-13-10-14-6-2-5-9-17(14)22(13)18(23)11-21-12-20-16-8-4-3-7-15(16)19(21)24/h2-9,12-13H,10-11H2,1H3/t13-/m0/s1. The Labute approximate surface area is 139 Å². The second kappa shape index (κ2) is 5.60. The number of para-hydroxylation sites is 2. The van der Waals surface area contributed by atoms with Crippen LogP contribution in [0.5, 0.6) is 0 Å². The van der Waals surface area contributed by atoms with Gasteiger partial charge in [0, 0.05) is 11.7 Å². The monoisotopic (exact) mass is 319 g/mol. The van der Waals surface area contributed by atoms with Crippen molar-refractivity contribution >= 4 is 22.5 Å². The van der Waals surface area contributed by atoms with Gasteiger partial charge < -0.3 is 4.90 Å². The molecule has 0 bridgehead atoms. The van der Waals surface area contributed by atoms with Crippen LogP contribution in [-0.2, 0) is 17.8 Å². The van der Waals surface area contributed by atoms with Gasteiger partial charge >= 0.3 is 0 Å². The highest BCUT2D eigenvalue weighted by Crippen LogP contribution is 2.31. The highest BCUT2D eigenvalue weighted by Gasteiger charge is 2.30. The minimum absolute atomic E-state index is 0.00462. The van der Waals surface area contributed by atoms with Gasteiger partial charge in [-0.2, -0.15) is 0 Å². The van der Waals surface area contributed by atoms with Crippen molar-refractivity contribution in [3.63, 3.8) is 0 Å². The Bertz CT molecular complexity index is 993. The maximum Gasteiger partial charge on any atom is 0.261 e. The molecule has 1 aliphatic heterocycles. The van der Waals surface area contributed by atoms with Crippen LogP contribution in [0, 0.1) is 0 Å². The Balaban J connectivity index is 1.68. The number of hydrogen-bond acceptors (Lipinski definition) is 3. The number of fused-ring (bicyclic) bond motifs is 2. The van der Waals surface area contributed by atoms with Crippen LogP contribution in [0.1, 0.15) is 12.5 Å². The second-order valence-corrected chi connectivity index (χ2v) is 6.14. The molecule has 0 N–H and O–H groups in total. The molecule has 0 radical (unpaired) electrons. The third-order valence-corrected chi connectivity index (χ3v) is 4.51. The third kappa shape index (κ3) is 2.29.